The Hall–Kier alpha value is -1.38. The molecule has 0 saturated carbocycles. The Balaban J connectivity index is 2.28. The standard InChI is InChI=1S/C13H21N3O4S/c1-3-15-9-11(21(14,18)19)7-12(15)13(17)16-6-4-5-10(8-16)20-2/h7,9-10H,3-6,8H2,1-2H3,(H2,14,18,19). The Kier molecular flexibility index (Phi) is 4.70. The number of piperidine rings is 1. The Morgan fingerprint density at radius 1 is 1.52 bits per heavy atom. The van der Waals surface area contributed by atoms with E-state index in [9.17, 15) is 13.2 Å². The van der Waals surface area contributed by atoms with Crippen LogP contribution in [0.3, 0.4) is 0 Å². The normalized spacial score (nSPS) is 19.8. The van der Waals surface area contributed by atoms with Crippen molar-refractivity contribution >= 4 is 15.9 Å². The number of sulfonamides is 1. The molecule has 1 saturated heterocycles. The highest BCUT2D eigenvalue weighted by Crippen LogP contribution is 2.19. The van der Waals surface area contributed by atoms with Crippen LogP contribution in [-0.4, -0.2) is 50.1 Å². The van der Waals surface area contributed by atoms with E-state index in [4.69, 9.17) is 9.88 Å². The van der Waals surface area contributed by atoms with Gasteiger partial charge in [-0.05, 0) is 25.8 Å². The Labute approximate surface area is 124 Å². The van der Waals surface area contributed by atoms with E-state index in [0.717, 1.165) is 12.8 Å². The molecule has 1 unspecified atom stereocenters. The highest BCUT2D eigenvalue weighted by atomic mass is 32.2. The number of rotatable bonds is 4. The zero-order valence-corrected chi connectivity index (χ0v) is 13.1. The summed E-state index contributed by atoms with van der Waals surface area (Å²) in [6.07, 6.45) is 3.24. The maximum Gasteiger partial charge on any atom is 0.270 e. The van der Waals surface area contributed by atoms with Crippen molar-refractivity contribution in [2.75, 3.05) is 20.2 Å². The van der Waals surface area contributed by atoms with Crippen LogP contribution in [0.15, 0.2) is 17.2 Å². The summed E-state index contributed by atoms with van der Waals surface area (Å²) in [6, 6.07) is 1.34. The molecule has 1 fully saturated rings. The maximum absolute atomic E-state index is 12.6. The lowest BCUT2D eigenvalue weighted by molar-refractivity contribution is 0.0263. The van der Waals surface area contributed by atoms with Gasteiger partial charge >= 0.3 is 0 Å². The Morgan fingerprint density at radius 2 is 2.24 bits per heavy atom. The number of primary sulfonamides is 1. The largest absolute Gasteiger partial charge is 0.380 e. The molecule has 1 amide bonds. The number of nitrogens with two attached hydrogens (primary N) is 1. The van der Waals surface area contributed by atoms with E-state index in [0.29, 0.717) is 25.3 Å². The van der Waals surface area contributed by atoms with E-state index in [1.165, 1.54) is 12.3 Å². The second-order valence-corrected chi connectivity index (χ2v) is 6.70. The molecule has 118 valence electrons. The average molecular weight is 315 g/mol. The second-order valence-electron chi connectivity index (χ2n) is 5.14. The highest BCUT2D eigenvalue weighted by Gasteiger charge is 2.27. The maximum atomic E-state index is 12.6. The molecule has 1 aromatic heterocycles. The fourth-order valence-corrected chi connectivity index (χ4v) is 3.11. The fraction of sp³-hybridized carbons (Fsp3) is 0.615. The molecule has 2 N–H and O–H groups in total. The minimum atomic E-state index is -3.81. The van der Waals surface area contributed by atoms with Crippen LogP contribution in [0.2, 0.25) is 0 Å². The van der Waals surface area contributed by atoms with Crippen LogP contribution in [0.25, 0.3) is 0 Å². The topological polar surface area (TPSA) is 94.6 Å². The van der Waals surface area contributed by atoms with Gasteiger partial charge < -0.3 is 14.2 Å². The number of carbonyl (C=O) groups is 1. The average Bonchev–Trinajstić information content (AvgIpc) is 2.90. The number of methoxy groups -OCH3 is 1. The molecule has 0 aliphatic carbocycles. The van der Waals surface area contributed by atoms with E-state index in [-0.39, 0.29) is 16.9 Å². The first kappa shape index (κ1) is 16.0. The van der Waals surface area contributed by atoms with Gasteiger partial charge in [0.25, 0.3) is 5.91 Å². The van der Waals surface area contributed by atoms with Gasteiger partial charge in [0.05, 0.1) is 6.10 Å². The summed E-state index contributed by atoms with van der Waals surface area (Å²) in [6.45, 7) is 3.52. The smallest absolute Gasteiger partial charge is 0.270 e. The number of aryl methyl sites for hydroxylation is 1. The number of carbonyl (C=O) groups excluding carboxylic acids is 1. The number of likely N-dealkylation sites (tertiary alicyclic amines) is 1. The molecular formula is C13H21N3O4S. The van der Waals surface area contributed by atoms with Gasteiger partial charge in [-0.15, -0.1) is 0 Å². The molecular weight excluding hydrogens is 294 g/mol. The number of nitrogens with zero attached hydrogens (tertiary/aromatic N) is 2. The summed E-state index contributed by atoms with van der Waals surface area (Å²) in [7, 11) is -2.18. The fourth-order valence-electron chi connectivity index (χ4n) is 2.56. The molecule has 2 heterocycles. The molecule has 1 aliphatic heterocycles. The van der Waals surface area contributed by atoms with Crippen LogP contribution in [-0.2, 0) is 21.3 Å². The van der Waals surface area contributed by atoms with E-state index in [1.807, 2.05) is 6.92 Å². The van der Waals surface area contributed by atoms with Gasteiger partial charge in [0.15, 0.2) is 0 Å². The van der Waals surface area contributed by atoms with E-state index < -0.39 is 10.0 Å². The summed E-state index contributed by atoms with van der Waals surface area (Å²) in [5.41, 5.74) is 0.346. The van der Waals surface area contributed by atoms with Gasteiger partial charge in [-0.2, -0.15) is 0 Å². The molecule has 0 bridgehead atoms. The minimum absolute atomic E-state index is 0.0328. The molecule has 0 radical (unpaired) electrons. The quantitative estimate of drug-likeness (QED) is 0.870. The summed E-state index contributed by atoms with van der Waals surface area (Å²) >= 11 is 0. The van der Waals surface area contributed by atoms with Crippen LogP contribution in [0.5, 0.6) is 0 Å². The van der Waals surface area contributed by atoms with Crippen molar-refractivity contribution in [1.29, 1.82) is 0 Å². The van der Waals surface area contributed by atoms with Crippen molar-refractivity contribution in [2.24, 2.45) is 5.14 Å². The van der Waals surface area contributed by atoms with Gasteiger partial charge in [-0.25, -0.2) is 13.6 Å². The molecule has 21 heavy (non-hydrogen) atoms. The van der Waals surface area contributed by atoms with Gasteiger partial charge in [-0.1, -0.05) is 0 Å². The summed E-state index contributed by atoms with van der Waals surface area (Å²) in [5, 5.41) is 5.13. The van der Waals surface area contributed by atoms with E-state index in [2.05, 4.69) is 0 Å². The first-order valence-electron chi connectivity index (χ1n) is 6.91. The predicted octanol–water partition coefficient (Wildman–Crippen LogP) is 0.406. The van der Waals surface area contributed by atoms with Crippen molar-refractivity contribution in [1.82, 2.24) is 9.47 Å². The highest BCUT2D eigenvalue weighted by molar-refractivity contribution is 7.89. The number of hydrogen-bond donors (Lipinski definition) is 1. The molecule has 0 spiro atoms. The lowest BCUT2D eigenvalue weighted by Crippen LogP contribution is -2.43. The van der Waals surface area contributed by atoms with Gasteiger partial charge in [0, 0.05) is 32.9 Å². The zero-order valence-electron chi connectivity index (χ0n) is 12.3. The van der Waals surface area contributed by atoms with Gasteiger partial charge in [0.2, 0.25) is 10.0 Å². The third-order valence-corrected chi connectivity index (χ3v) is 4.64. The van der Waals surface area contributed by atoms with Crippen molar-refractivity contribution in [3.05, 3.63) is 18.0 Å². The monoisotopic (exact) mass is 315 g/mol. The van der Waals surface area contributed by atoms with Crippen molar-refractivity contribution in [2.45, 2.75) is 37.3 Å². The second kappa shape index (κ2) is 6.17. The van der Waals surface area contributed by atoms with Gasteiger partial charge in [0.1, 0.15) is 10.6 Å². The Bertz CT molecular complexity index is 623. The summed E-state index contributed by atoms with van der Waals surface area (Å²) in [5.74, 6) is -0.187. The van der Waals surface area contributed by atoms with Crippen LogP contribution in [0.4, 0.5) is 0 Å². The van der Waals surface area contributed by atoms with Crippen LogP contribution in [0, 0.1) is 0 Å². The molecule has 2 rings (SSSR count). The van der Waals surface area contributed by atoms with Crippen molar-refractivity contribution < 1.29 is 17.9 Å². The summed E-state index contributed by atoms with van der Waals surface area (Å²) in [4.78, 5) is 14.3. The third-order valence-electron chi connectivity index (χ3n) is 3.76. The number of hydrogen-bond acceptors (Lipinski definition) is 4. The zero-order chi connectivity index (χ0) is 15.6. The van der Waals surface area contributed by atoms with E-state index >= 15 is 0 Å². The molecule has 1 atom stereocenters. The molecule has 7 nitrogen and oxygen atoms in total. The SMILES string of the molecule is CCn1cc(S(N)(=O)=O)cc1C(=O)N1CCCC(OC)C1. The molecule has 8 heteroatoms. The van der Waals surface area contributed by atoms with Crippen molar-refractivity contribution in [3.63, 3.8) is 0 Å². The predicted molar refractivity (Wildman–Crippen MR) is 77.4 cm³/mol. The lowest BCUT2D eigenvalue weighted by atomic mass is 10.1. The lowest BCUT2D eigenvalue weighted by Gasteiger charge is -2.32. The van der Waals surface area contributed by atoms with Crippen LogP contribution >= 0.6 is 0 Å². The van der Waals surface area contributed by atoms with Crippen LogP contribution < -0.4 is 5.14 Å². The first-order valence-corrected chi connectivity index (χ1v) is 8.46. The van der Waals surface area contributed by atoms with Crippen molar-refractivity contribution in [3.8, 4) is 0 Å². The molecule has 1 aromatic rings. The Morgan fingerprint density at radius 3 is 2.81 bits per heavy atom. The molecule has 0 aromatic carbocycles. The third kappa shape index (κ3) is 3.45. The minimum Gasteiger partial charge on any atom is -0.380 e. The van der Waals surface area contributed by atoms with E-state index in [1.54, 1.807) is 16.6 Å². The summed E-state index contributed by atoms with van der Waals surface area (Å²) < 4.78 is 29.8. The van der Waals surface area contributed by atoms with Gasteiger partial charge in [-0.3, -0.25) is 4.79 Å². The number of ether oxygens (including phenoxy) is 1. The number of amides is 1. The first-order chi connectivity index (χ1) is 9.86. The number of aromatic nitrogens is 1. The molecule has 1 aliphatic rings. The van der Waals surface area contributed by atoms with Crippen LogP contribution in [0.1, 0.15) is 30.3 Å².